The lowest BCUT2D eigenvalue weighted by Gasteiger charge is -1.99. The summed E-state index contributed by atoms with van der Waals surface area (Å²) in [5.41, 5.74) is 0. The fourth-order valence-electron chi connectivity index (χ4n) is 0.418. The summed E-state index contributed by atoms with van der Waals surface area (Å²) in [4.78, 5) is 0. The van der Waals surface area contributed by atoms with E-state index in [1.165, 1.54) is 6.08 Å². The van der Waals surface area contributed by atoms with Gasteiger partial charge >= 0.3 is 0 Å². The molecule has 2 nitrogen and oxygen atoms in total. The van der Waals surface area contributed by atoms with E-state index in [4.69, 9.17) is 10.2 Å². The Morgan fingerprint density at radius 1 is 1.62 bits per heavy atom. The van der Waals surface area contributed by atoms with Crippen LogP contribution in [0.5, 0.6) is 0 Å². The van der Waals surface area contributed by atoms with E-state index < -0.39 is 6.10 Å². The Bertz CT molecular complexity index is 61.5. The Kier molecular flexibility index (Phi) is 4.61. The van der Waals surface area contributed by atoms with Gasteiger partial charge in [-0.25, -0.2) is 0 Å². The molecule has 0 aromatic heterocycles. The van der Waals surface area contributed by atoms with Crippen molar-refractivity contribution in [2.24, 2.45) is 0 Å². The molecule has 2 heteroatoms. The van der Waals surface area contributed by atoms with Crippen molar-refractivity contribution in [1.82, 2.24) is 0 Å². The normalized spacial score (nSPS) is 13.2. The third kappa shape index (κ3) is 3.84. The van der Waals surface area contributed by atoms with Crippen LogP contribution in [0.2, 0.25) is 0 Å². The predicted molar refractivity (Wildman–Crippen MR) is 32.5 cm³/mol. The topological polar surface area (TPSA) is 40.5 Å². The molecular weight excluding hydrogens is 104 g/mol. The second-order valence-electron chi connectivity index (χ2n) is 1.67. The second kappa shape index (κ2) is 4.81. The Balaban J connectivity index is 2.98. The van der Waals surface area contributed by atoms with Crippen LogP contribution in [0.4, 0.5) is 0 Å². The van der Waals surface area contributed by atoms with E-state index in [1.807, 2.05) is 0 Å². The molecule has 0 aromatic carbocycles. The summed E-state index contributed by atoms with van der Waals surface area (Å²) in [5.74, 6) is 0. The maximum absolute atomic E-state index is 8.76. The predicted octanol–water partition coefficient (Wildman–Crippen LogP) is 0.306. The summed E-state index contributed by atoms with van der Waals surface area (Å²) in [6.07, 6.45) is 2.28. The minimum atomic E-state index is -0.442. The molecule has 2 N–H and O–H groups in total. The summed E-state index contributed by atoms with van der Waals surface area (Å²) >= 11 is 0. The first-order chi connectivity index (χ1) is 3.81. The monoisotopic (exact) mass is 116 g/mol. The lowest BCUT2D eigenvalue weighted by atomic mass is 10.2. The van der Waals surface area contributed by atoms with Gasteiger partial charge in [-0.15, -0.1) is 6.58 Å². The first-order valence-corrected chi connectivity index (χ1v) is 2.72. The van der Waals surface area contributed by atoms with E-state index in [2.05, 4.69) is 6.58 Å². The van der Waals surface area contributed by atoms with Gasteiger partial charge in [-0.1, -0.05) is 6.08 Å². The maximum Gasteiger partial charge on any atom is 0.0719 e. The van der Waals surface area contributed by atoms with E-state index in [1.54, 1.807) is 0 Å². The SMILES string of the molecule is C=C[C@@H](O)CCCO. The van der Waals surface area contributed by atoms with Crippen LogP contribution in [-0.4, -0.2) is 22.9 Å². The second-order valence-corrected chi connectivity index (χ2v) is 1.67. The molecule has 0 rings (SSSR count). The summed E-state index contributed by atoms with van der Waals surface area (Å²) in [6, 6.07) is 0. The Morgan fingerprint density at radius 3 is 2.62 bits per heavy atom. The zero-order chi connectivity index (χ0) is 6.41. The van der Waals surface area contributed by atoms with Crippen LogP contribution in [-0.2, 0) is 0 Å². The fraction of sp³-hybridized carbons (Fsp3) is 0.667. The van der Waals surface area contributed by atoms with Gasteiger partial charge in [0, 0.05) is 6.61 Å². The molecule has 0 aliphatic rings. The maximum atomic E-state index is 8.76. The third-order valence-electron chi connectivity index (χ3n) is 0.930. The highest BCUT2D eigenvalue weighted by Crippen LogP contribution is 1.94. The van der Waals surface area contributed by atoms with Crippen molar-refractivity contribution in [1.29, 1.82) is 0 Å². The molecule has 0 aromatic rings. The van der Waals surface area contributed by atoms with E-state index in [-0.39, 0.29) is 6.61 Å². The Labute approximate surface area is 49.5 Å². The third-order valence-corrected chi connectivity index (χ3v) is 0.930. The number of rotatable bonds is 4. The van der Waals surface area contributed by atoms with E-state index in [0.717, 1.165) is 0 Å². The number of aliphatic hydroxyl groups excluding tert-OH is 2. The van der Waals surface area contributed by atoms with Crippen molar-refractivity contribution in [3.8, 4) is 0 Å². The molecular formula is C6H12O2. The van der Waals surface area contributed by atoms with Crippen LogP contribution >= 0.6 is 0 Å². The van der Waals surface area contributed by atoms with Gasteiger partial charge in [-0.05, 0) is 12.8 Å². The lowest BCUT2D eigenvalue weighted by Crippen LogP contribution is -2.01. The van der Waals surface area contributed by atoms with Crippen molar-refractivity contribution in [2.75, 3.05) is 6.61 Å². The standard InChI is InChI=1S/C6H12O2/c1-2-6(8)4-3-5-7/h2,6-8H,1,3-5H2/t6-/m1/s1. The highest BCUT2D eigenvalue weighted by molar-refractivity contribution is 4.76. The molecule has 0 radical (unpaired) electrons. The van der Waals surface area contributed by atoms with Crippen LogP contribution < -0.4 is 0 Å². The van der Waals surface area contributed by atoms with Crippen molar-refractivity contribution >= 4 is 0 Å². The molecule has 0 bridgehead atoms. The molecule has 8 heavy (non-hydrogen) atoms. The van der Waals surface area contributed by atoms with Gasteiger partial charge in [0.05, 0.1) is 6.10 Å². The number of aliphatic hydroxyl groups is 2. The largest absolute Gasteiger partial charge is 0.396 e. The summed E-state index contributed by atoms with van der Waals surface area (Å²) in [6.45, 7) is 3.53. The van der Waals surface area contributed by atoms with Crippen molar-refractivity contribution in [3.05, 3.63) is 12.7 Å². The van der Waals surface area contributed by atoms with E-state index >= 15 is 0 Å². The zero-order valence-electron chi connectivity index (χ0n) is 4.88. The minimum absolute atomic E-state index is 0.144. The van der Waals surface area contributed by atoms with Crippen LogP contribution in [0.1, 0.15) is 12.8 Å². The molecule has 0 unspecified atom stereocenters. The number of hydrogen-bond acceptors (Lipinski definition) is 2. The van der Waals surface area contributed by atoms with Crippen molar-refractivity contribution in [2.45, 2.75) is 18.9 Å². The van der Waals surface area contributed by atoms with Gasteiger partial charge in [0.2, 0.25) is 0 Å². The van der Waals surface area contributed by atoms with Crippen molar-refractivity contribution in [3.63, 3.8) is 0 Å². The van der Waals surface area contributed by atoms with Gasteiger partial charge in [0.15, 0.2) is 0 Å². The molecule has 0 saturated carbocycles. The van der Waals surface area contributed by atoms with E-state index in [0.29, 0.717) is 12.8 Å². The molecule has 0 aliphatic carbocycles. The number of hydrogen-bond donors (Lipinski definition) is 2. The smallest absolute Gasteiger partial charge is 0.0719 e. The quantitative estimate of drug-likeness (QED) is 0.519. The molecule has 0 fully saturated rings. The van der Waals surface area contributed by atoms with Gasteiger partial charge in [0.25, 0.3) is 0 Å². The minimum Gasteiger partial charge on any atom is -0.396 e. The summed E-state index contributed by atoms with van der Waals surface area (Å²) in [7, 11) is 0. The van der Waals surface area contributed by atoms with Gasteiger partial charge in [0.1, 0.15) is 0 Å². The Morgan fingerprint density at radius 2 is 2.25 bits per heavy atom. The first-order valence-electron chi connectivity index (χ1n) is 2.72. The molecule has 1 atom stereocenters. The van der Waals surface area contributed by atoms with Crippen LogP contribution in [0.3, 0.4) is 0 Å². The van der Waals surface area contributed by atoms with Crippen molar-refractivity contribution < 1.29 is 10.2 Å². The molecule has 48 valence electrons. The average molecular weight is 116 g/mol. The van der Waals surface area contributed by atoms with Crippen LogP contribution in [0.15, 0.2) is 12.7 Å². The van der Waals surface area contributed by atoms with Crippen LogP contribution in [0, 0.1) is 0 Å². The first kappa shape index (κ1) is 7.66. The van der Waals surface area contributed by atoms with Gasteiger partial charge in [-0.2, -0.15) is 0 Å². The molecule has 0 saturated heterocycles. The summed E-state index contributed by atoms with van der Waals surface area (Å²) in [5, 5.41) is 17.0. The molecule has 0 aliphatic heterocycles. The highest BCUT2D eigenvalue weighted by Gasteiger charge is 1.93. The van der Waals surface area contributed by atoms with Crippen LogP contribution in [0.25, 0.3) is 0 Å². The lowest BCUT2D eigenvalue weighted by molar-refractivity contribution is 0.190. The highest BCUT2D eigenvalue weighted by atomic mass is 16.3. The van der Waals surface area contributed by atoms with Gasteiger partial charge < -0.3 is 10.2 Å². The summed E-state index contributed by atoms with van der Waals surface area (Å²) < 4.78 is 0. The van der Waals surface area contributed by atoms with Gasteiger partial charge in [-0.3, -0.25) is 0 Å². The molecule has 0 amide bonds. The van der Waals surface area contributed by atoms with E-state index in [9.17, 15) is 0 Å². The molecule has 0 heterocycles. The fourth-order valence-corrected chi connectivity index (χ4v) is 0.418. The molecule has 0 spiro atoms. The zero-order valence-corrected chi connectivity index (χ0v) is 4.88. The Hall–Kier alpha value is -0.340. The average Bonchev–Trinajstić information content (AvgIpc) is 1.83.